The summed E-state index contributed by atoms with van der Waals surface area (Å²) in [5, 5.41) is 0. The van der Waals surface area contributed by atoms with E-state index in [4.69, 9.17) is 0 Å². The van der Waals surface area contributed by atoms with Gasteiger partial charge in [-0.25, -0.2) is 0 Å². The summed E-state index contributed by atoms with van der Waals surface area (Å²) in [4.78, 5) is 13.3. The minimum atomic E-state index is 0.157. The second-order valence-corrected chi connectivity index (χ2v) is 4.86. The summed E-state index contributed by atoms with van der Waals surface area (Å²) >= 11 is 0. The molecule has 2 heteroatoms. The highest BCUT2D eigenvalue weighted by molar-refractivity contribution is 5.78. The Hall–Kier alpha value is -1.83. The largest absolute Gasteiger partial charge is 0.349 e. The fourth-order valence-electron chi connectivity index (χ4n) is 2.08. The normalized spacial score (nSPS) is 18.3. The van der Waals surface area contributed by atoms with E-state index in [1.807, 2.05) is 6.07 Å². The quantitative estimate of drug-likeness (QED) is 0.796. The van der Waals surface area contributed by atoms with Gasteiger partial charge in [-0.2, -0.15) is 0 Å². The molecule has 1 unspecified atom stereocenters. The average molecular weight is 241 g/mol. The third kappa shape index (κ3) is 3.10. The van der Waals surface area contributed by atoms with Crippen LogP contribution in [0.4, 0.5) is 0 Å². The van der Waals surface area contributed by atoms with Gasteiger partial charge in [-0.15, -0.1) is 0 Å². The van der Waals surface area contributed by atoms with Crippen LogP contribution in [0.25, 0.3) is 0 Å². The SMILES string of the molecule is CN(C)C(=O)CC1=CCC(c2ccccc2)C=C1. The van der Waals surface area contributed by atoms with Crippen LogP contribution in [0.3, 0.4) is 0 Å². The first-order valence-electron chi connectivity index (χ1n) is 6.29. The van der Waals surface area contributed by atoms with Gasteiger partial charge in [0.25, 0.3) is 0 Å². The number of hydrogen-bond acceptors (Lipinski definition) is 1. The second kappa shape index (κ2) is 5.67. The number of carbonyl (C=O) groups excluding carboxylic acids is 1. The molecule has 0 spiro atoms. The Morgan fingerprint density at radius 2 is 2.00 bits per heavy atom. The van der Waals surface area contributed by atoms with E-state index in [2.05, 4.69) is 42.5 Å². The van der Waals surface area contributed by atoms with Crippen LogP contribution >= 0.6 is 0 Å². The monoisotopic (exact) mass is 241 g/mol. The Balaban J connectivity index is 1.97. The number of hydrogen-bond donors (Lipinski definition) is 0. The lowest BCUT2D eigenvalue weighted by Gasteiger charge is -2.17. The highest BCUT2D eigenvalue weighted by Gasteiger charge is 2.13. The fraction of sp³-hybridized carbons (Fsp3) is 0.312. The third-order valence-corrected chi connectivity index (χ3v) is 3.26. The van der Waals surface area contributed by atoms with Crippen molar-refractivity contribution in [2.24, 2.45) is 0 Å². The van der Waals surface area contributed by atoms with Crippen molar-refractivity contribution in [1.82, 2.24) is 4.90 Å². The fourth-order valence-corrected chi connectivity index (χ4v) is 2.08. The highest BCUT2D eigenvalue weighted by Crippen LogP contribution is 2.27. The number of rotatable bonds is 3. The van der Waals surface area contributed by atoms with E-state index in [0.717, 1.165) is 12.0 Å². The van der Waals surface area contributed by atoms with E-state index >= 15 is 0 Å². The smallest absolute Gasteiger partial charge is 0.226 e. The van der Waals surface area contributed by atoms with Crippen molar-refractivity contribution < 1.29 is 4.79 Å². The molecule has 2 rings (SSSR count). The molecule has 94 valence electrons. The van der Waals surface area contributed by atoms with Crippen LogP contribution < -0.4 is 0 Å². The summed E-state index contributed by atoms with van der Waals surface area (Å²) < 4.78 is 0. The standard InChI is InChI=1S/C16H19NO/c1-17(2)16(18)12-13-8-10-15(11-9-13)14-6-4-3-5-7-14/h3-10,15H,11-12H2,1-2H3. The van der Waals surface area contributed by atoms with E-state index < -0.39 is 0 Å². The first-order chi connectivity index (χ1) is 8.66. The number of benzene rings is 1. The minimum absolute atomic E-state index is 0.157. The minimum Gasteiger partial charge on any atom is -0.349 e. The molecule has 0 bridgehead atoms. The van der Waals surface area contributed by atoms with Crippen molar-refractivity contribution >= 4 is 5.91 Å². The molecular formula is C16H19NO. The van der Waals surface area contributed by atoms with E-state index in [-0.39, 0.29) is 5.91 Å². The molecule has 0 radical (unpaired) electrons. The molecule has 18 heavy (non-hydrogen) atoms. The maximum Gasteiger partial charge on any atom is 0.226 e. The highest BCUT2D eigenvalue weighted by atomic mass is 16.2. The maximum atomic E-state index is 11.6. The van der Waals surface area contributed by atoms with Gasteiger partial charge >= 0.3 is 0 Å². The Bertz CT molecular complexity index is 471. The summed E-state index contributed by atoms with van der Waals surface area (Å²) in [6.45, 7) is 0. The maximum absolute atomic E-state index is 11.6. The van der Waals surface area contributed by atoms with Crippen LogP contribution in [0.2, 0.25) is 0 Å². The molecule has 0 aliphatic heterocycles. The molecule has 0 N–H and O–H groups in total. The van der Waals surface area contributed by atoms with Crippen molar-refractivity contribution in [3.8, 4) is 0 Å². The van der Waals surface area contributed by atoms with E-state index in [1.54, 1.807) is 19.0 Å². The van der Waals surface area contributed by atoms with Crippen LogP contribution in [0.5, 0.6) is 0 Å². The average Bonchev–Trinajstić information content (AvgIpc) is 2.40. The van der Waals surface area contributed by atoms with Gasteiger partial charge in [-0.05, 0) is 17.6 Å². The summed E-state index contributed by atoms with van der Waals surface area (Å²) in [5.74, 6) is 0.605. The van der Waals surface area contributed by atoms with Gasteiger partial charge in [0.15, 0.2) is 0 Å². The van der Waals surface area contributed by atoms with Crippen LogP contribution in [-0.4, -0.2) is 24.9 Å². The zero-order chi connectivity index (χ0) is 13.0. The molecule has 0 fully saturated rings. The Morgan fingerprint density at radius 3 is 2.56 bits per heavy atom. The molecule has 0 saturated heterocycles. The summed E-state index contributed by atoms with van der Waals surface area (Å²) in [7, 11) is 3.59. The van der Waals surface area contributed by atoms with Crippen molar-refractivity contribution in [2.75, 3.05) is 14.1 Å². The van der Waals surface area contributed by atoms with Gasteiger partial charge in [0, 0.05) is 20.0 Å². The Morgan fingerprint density at radius 1 is 1.28 bits per heavy atom. The van der Waals surface area contributed by atoms with E-state index in [1.165, 1.54) is 5.56 Å². The first-order valence-corrected chi connectivity index (χ1v) is 6.29. The van der Waals surface area contributed by atoms with Gasteiger partial charge in [0.2, 0.25) is 5.91 Å². The lowest BCUT2D eigenvalue weighted by molar-refractivity contribution is -0.127. The number of carbonyl (C=O) groups is 1. The zero-order valence-electron chi connectivity index (χ0n) is 11.0. The lowest BCUT2D eigenvalue weighted by Crippen LogP contribution is -2.21. The van der Waals surface area contributed by atoms with Gasteiger partial charge in [0.05, 0.1) is 6.42 Å². The van der Waals surface area contributed by atoms with Gasteiger partial charge in [-0.3, -0.25) is 4.79 Å². The topological polar surface area (TPSA) is 20.3 Å². The van der Waals surface area contributed by atoms with Gasteiger partial charge < -0.3 is 4.90 Å². The van der Waals surface area contributed by atoms with Crippen LogP contribution in [0.15, 0.2) is 54.1 Å². The Kier molecular flexibility index (Phi) is 3.98. The van der Waals surface area contributed by atoms with Crippen LogP contribution in [-0.2, 0) is 4.79 Å². The summed E-state index contributed by atoms with van der Waals surface area (Å²) in [5.41, 5.74) is 2.46. The van der Waals surface area contributed by atoms with Gasteiger partial charge in [-0.1, -0.05) is 48.6 Å². The third-order valence-electron chi connectivity index (χ3n) is 3.26. The predicted octanol–water partition coefficient (Wildman–Crippen LogP) is 3.13. The molecular weight excluding hydrogens is 222 g/mol. The summed E-state index contributed by atoms with van der Waals surface area (Å²) in [6, 6.07) is 10.5. The Labute approximate surface area is 109 Å². The number of amides is 1. The lowest BCUT2D eigenvalue weighted by atomic mass is 9.89. The van der Waals surface area contributed by atoms with Crippen molar-refractivity contribution in [3.63, 3.8) is 0 Å². The van der Waals surface area contributed by atoms with Crippen LogP contribution in [0.1, 0.15) is 24.3 Å². The van der Waals surface area contributed by atoms with Crippen molar-refractivity contribution in [1.29, 1.82) is 0 Å². The second-order valence-electron chi connectivity index (χ2n) is 4.86. The van der Waals surface area contributed by atoms with Crippen LogP contribution in [0, 0.1) is 0 Å². The molecule has 0 saturated carbocycles. The molecule has 1 aromatic rings. The molecule has 1 amide bonds. The number of allylic oxidation sites excluding steroid dienone is 3. The van der Waals surface area contributed by atoms with Gasteiger partial charge in [0.1, 0.15) is 0 Å². The molecule has 1 aromatic carbocycles. The predicted molar refractivity (Wildman–Crippen MR) is 74.3 cm³/mol. The van der Waals surface area contributed by atoms with Crippen molar-refractivity contribution in [3.05, 3.63) is 59.7 Å². The molecule has 2 nitrogen and oxygen atoms in total. The zero-order valence-corrected chi connectivity index (χ0v) is 11.0. The molecule has 1 aliphatic rings. The molecule has 1 atom stereocenters. The van der Waals surface area contributed by atoms with Crippen molar-refractivity contribution in [2.45, 2.75) is 18.8 Å². The number of nitrogens with zero attached hydrogens (tertiary/aromatic N) is 1. The molecule has 1 aliphatic carbocycles. The first kappa shape index (κ1) is 12.6. The molecule has 0 heterocycles. The summed E-state index contributed by atoms with van der Waals surface area (Å²) in [6.07, 6.45) is 7.96. The van der Waals surface area contributed by atoms with E-state index in [9.17, 15) is 4.79 Å². The van der Waals surface area contributed by atoms with E-state index in [0.29, 0.717) is 12.3 Å². The molecule has 0 aromatic heterocycles.